The highest BCUT2D eigenvalue weighted by Gasteiger charge is 2.10. The van der Waals surface area contributed by atoms with Crippen LogP contribution >= 0.6 is 23.2 Å². The van der Waals surface area contributed by atoms with Crippen molar-refractivity contribution in [3.8, 4) is 0 Å². The summed E-state index contributed by atoms with van der Waals surface area (Å²) in [5.74, 6) is -0.586. The molecule has 4 aromatic rings. The molecule has 0 aliphatic carbocycles. The predicted octanol–water partition coefficient (Wildman–Crippen LogP) is 5.72. The molecule has 166 valence electrons. The van der Waals surface area contributed by atoms with Gasteiger partial charge in [0.2, 0.25) is 5.91 Å². The predicted molar refractivity (Wildman–Crippen MR) is 133 cm³/mol. The number of hydrazone groups is 1. The number of nitrogens with zero attached hydrogens (tertiary/aromatic N) is 2. The number of rotatable bonds is 6. The van der Waals surface area contributed by atoms with Gasteiger partial charge >= 0.3 is 0 Å². The Labute approximate surface area is 200 Å². The quantitative estimate of drug-likeness (QED) is 0.274. The van der Waals surface area contributed by atoms with Crippen molar-refractivity contribution in [2.45, 2.75) is 13.5 Å². The van der Waals surface area contributed by atoms with E-state index in [4.69, 9.17) is 23.2 Å². The van der Waals surface area contributed by atoms with E-state index in [2.05, 4.69) is 20.4 Å². The Bertz CT molecular complexity index is 1380. The van der Waals surface area contributed by atoms with Crippen molar-refractivity contribution in [3.05, 3.63) is 99.7 Å². The average molecular weight is 479 g/mol. The number of anilines is 1. The number of halogens is 2. The van der Waals surface area contributed by atoms with Crippen molar-refractivity contribution in [1.82, 2.24) is 9.99 Å². The lowest BCUT2D eigenvalue weighted by atomic mass is 10.2. The highest BCUT2D eigenvalue weighted by Crippen LogP contribution is 2.25. The van der Waals surface area contributed by atoms with Gasteiger partial charge in [-0.1, -0.05) is 53.5 Å². The largest absolute Gasteiger partial charge is 0.342 e. The molecule has 2 amide bonds. The van der Waals surface area contributed by atoms with Crippen molar-refractivity contribution in [1.29, 1.82) is 0 Å². The van der Waals surface area contributed by atoms with E-state index in [0.29, 0.717) is 27.8 Å². The lowest BCUT2D eigenvalue weighted by Crippen LogP contribution is -2.18. The number of aromatic nitrogens is 1. The van der Waals surface area contributed by atoms with Gasteiger partial charge in [0.05, 0.1) is 6.21 Å². The molecule has 0 spiro atoms. The first-order chi connectivity index (χ1) is 15.9. The van der Waals surface area contributed by atoms with Crippen molar-refractivity contribution in [3.63, 3.8) is 0 Å². The molecule has 0 atom stereocenters. The number of carbonyl (C=O) groups excluding carboxylic acids is 2. The van der Waals surface area contributed by atoms with Crippen molar-refractivity contribution >= 4 is 57.8 Å². The van der Waals surface area contributed by atoms with Gasteiger partial charge in [0.15, 0.2) is 0 Å². The van der Waals surface area contributed by atoms with E-state index in [1.807, 2.05) is 42.6 Å². The van der Waals surface area contributed by atoms with Gasteiger partial charge in [-0.3, -0.25) is 9.59 Å². The van der Waals surface area contributed by atoms with Crippen LogP contribution in [0, 0.1) is 0 Å². The molecule has 0 bridgehead atoms. The zero-order chi connectivity index (χ0) is 23.4. The number of para-hydroxylation sites is 1. The third-order valence-electron chi connectivity index (χ3n) is 4.99. The van der Waals surface area contributed by atoms with Crippen molar-refractivity contribution in [2.24, 2.45) is 5.10 Å². The zero-order valence-corrected chi connectivity index (χ0v) is 19.2. The third-order valence-corrected chi connectivity index (χ3v) is 5.58. The molecule has 8 heteroatoms. The second kappa shape index (κ2) is 9.90. The lowest BCUT2D eigenvalue weighted by molar-refractivity contribution is -0.114. The summed E-state index contributed by atoms with van der Waals surface area (Å²) in [7, 11) is 0. The lowest BCUT2D eigenvalue weighted by Gasteiger charge is -2.08. The molecule has 1 aromatic heterocycles. The van der Waals surface area contributed by atoms with Crippen LogP contribution in [0.2, 0.25) is 10.0 Å². The second-order valence-electron chi connectivity index (χ2n) is 7.43. The van der Waals surface area contributed by atoms with Gasteiger partial charge in [-0.15, -0.1) is 0 Å². The minimum Gasteiger partial charge on any atom is -0.342 e. The molecule has 2 N–H and O–H groups in total. The standard InChI is InChI=1S/C25H20Cl2N4O2/c1-16(32)29-21-6-4-5-17(11-21)25(33)30-28-13-19-15-31(24-8-3-2-7-22(19)24)14-18-9-10-20(26)12-23(18)27/h2-13,15H,14H2,1H3,(H,29,32)(H,30,33). The Morgan fingerprint density at radius 2 is 1.85 bits per heavy atom. The van der Waals surface area contributed by atoms with E-state index in [1.54, 1.807) is 36.5 Å². The molecule has 1 heterocycles. The van der Waals surface area contributed by atoms with E-state index in [9.17, 15) is 9.59 Å². The maximum Gasteiger partial charge on any atom is 0.271 e. The maximum atomic E-state index is 12.5. The van der Waals surface area contributed by atoms with Crippen molar-refractivity contribution in [2.75, 3.05) is 5.32 Å². The highest BCUT2D eigenvalue weighted by molar-refractivity contribution is 6.35. The molecule has 0 unspecified atom stereocenters. The first kappa shape index (κ1) is 22.6. The summed E-state index contributed by atoms with van der Waals surface area (Å²) >= 11 is 12.4. The van der Waals surface area contributed by atoms with E-state index in [-0.39, 0.29) is 11.8 Å². The Balaban J connectivity index is 1.54. The summed E-state index contributed by atoms with van der Waals surface area (Å²) in [5.41, 5.74) is 6.28. The fourth-order valence-electron chi connectivity index (χ4n) is 3.51. The van der Waals surface area contributed by atoms with Gasteiger partial charge in [0.25, 0.3) is 5.91 Å². The molecule has 0 saturated heterocycles. The van der Waals surface area contributed by atoms with Crippen LogP contribution in [-0.2, 0) is 11.3 Å². The van der Waals surface area contributed by atoms with Crippen LogP contribution in [0.15, 0.2) is 78.0 Å². The van der Waals surface area contributed by atoms with E-state index >= 15 is 0 Å². The molecule has 0 aliphatic heterocycles. The van der Waals surface area contributed by atoms with Gasteiger partial charge in [-0.05, 0) is 42.0 Å². The monoisotopic (exact) mass is 478 g/mol. The van der Waals surface area contributed by atoms with Crippen LogP contribution in [0.4, 0.5) is 5.69 Å². The molecule has 0 radical (unpaired) electrons. The first-order valence-corrected chi connectivity index (χ1v) is 10.9. The topological polar surface area (TPSA) is 75.5 Å². The Hall–Kier alpha value is -3.61. The van der Waals surface area contributed by atoms with E-state index in [1.165, 1.54) is 6.92 Å². The van der Waals surface area contributed by atoms with Gasteiger partial charge < -0.3 is 9.88 Å². The Kier molecular flexibility index (Phi) is 6.77. The van der Waals surface area contributed by atoms with Crippen LogP contribution in [0.1, 0.15) is 28.4 Å². The second-order valence-corrected chi connectivity index (χ2v) is 8.27. The summed E-state index contributed by atoms with van der Waals surface area (Å²) in [5, 5.41) is 8.98. The molecular formula is C25H20Cl2N4O2. The SMILES string of the molecule is CC(=O)Nc1cccc(C(=O)NN=Cc2cn(Cc3ccc(Cl)cc3Cl)c3ccccc23)c1. The van der Waals surface area contributed by atoms with Crippen LogP contribution < -0.4 is 10.7 Å². The van der Waals surface area contributed by atoms with Crippen LogP contribution in [-0.4, -0.2) is 22.6 Å². The normalized spacial score (nSPS) is 11.1. The molecular weight excluding hydrogens is 459 g/mol. The van der Waals surface area contributed by atoms with Gasteiger partial charge in [0.1, 0.15) is 0 Å². The average Bonchev–Trinajstić information content (AvgIpc) is 3.13. The minimum atomic E-state index is -0.380. The summed E-state index contributed by atoms with van der Waals surface area (Å²) in [6.45, 7) is 1.97. The number of nitrogens with one attached hydrogen (secondary N) is 2. The smallest absolute Gasteiger partial charge is 0.271 e. The zero-order valence-electron chi connectivity index (χ0n) is 17.7. The number of carbonyl (C=O) groups is 2. The first-order valence-electron chi connectivity index (χ1n) is 10.1. The summed E-state index contributed by atoms with van der Waals surface area (Å²) in [6, 6.07) is 20.0. The van der Waals surface area contributed by atoms with Gasteiger partial charge in [0, 0.05) is 57.4 Å². The summed E-state index contributed by atoms with van der Waals surface area (Å²) in [4.78, 5) is 23.7. The highest BCUT2D eigenvalue weighted by atomic mass is 35.5. The molecule has 0 aliphatic rings. The molecule has 33 heavy (non-hydrogen) atoms. The number of fused-ring (bicyclic) bond motifs is 1. The summed E-state index contributed by atoms with van der Waals surface area (Å²) in [6.07, 6.45) is 3.57. The minimum absolute atomic E-state index is 0.207. The summed E-state index contributed by atoms with van der Waals surface area (Å²) < 4.78 is 2.07. The molecule has 0 saturated carbocycles. The van der Waals surface area contributed by atoms with Crippen LogP contribution in [0.25, 0.3) is 10.9 Å². The number of amides is 2. The fraction of sp³-hybridized carbons (Fsp3) is 0.0800. The molecule has 4 rings (SSSR count). The van der Waals surface area contributed by atoms with Crippen molar-refractivity contribution < 1.29 is 9.59 Å². The maximum absolute atomic E-state index is 12.5. The van der Waals surface area contributed by atoms with Gasteiger partial charge in [-0.25, -0.2) is 5.43 Å². The van der Waals surface area contributed by atoms with Crippen LogP contribution in [0.5, 0.6) is 0 Å². The van der Waals surface area contributed by atoms with Gasteiger partial charge in [-0.2, -0.15) is 5.10 Å². The van der Waals surface area contributed by atoms with Crippen LogP contribution in [0.3, 0.4) is 0 Å². The Morgan fingerprint density at radius 1 is 1.03 bits per heavy atom. The van der Waals surface area contributed by atoms with E-state index < -0.39 is 0 Å². The van der Waals surface area contributed by atoms with E-state index in [0.717, 1.165) is 22.0 Å². The number of benzene rings is 3. The third kappa shape index (κ3) is 5.42. The molecule has 3 aromatic carbocycles. The fourth-order valence-corrected chi connectivity index (χ4v) is 3.98. The Morgan fingerprint density at radius 3 is 2.64 bits per heavy atom. The molecule has 6 nitrogen and oxygen atoms in total. The number of hydrogen-bond donors (Lipinski definition) is 2. The number of hydrogen-bond acceptors (Lipinski definition) is 3. The molecule has 0 fully saturated rings.